The van der Waals surface area contributed by atoms with Gasteiger partial charge in [0.2, 0.25) is 5.91 Å². The molecule has 3 atom stereocenters. The van der Waals surface area contributed by atoms with Crippen molar-refractivity contribution in [1.29, 1.82) is 0 Å². The fourth-order valence-corrected chi connectivity index (χ4v) is 6.37. The van der Waals surface area contributed by atoms with Crippen LogP contribution < -0.4 is 5.32 Å². The minimum Gasteiger partial charge on any atom is -0.394 e. The summed E-state index contributed by atoms with van der Waals surface area (Å²) in [5, 5.41) is 33.0. The van der Waals surface area contributed by atoms with Gasteiger partial charge in [0.25, 0.3) is 0 Å². The van der Waals surface area contributed by atoms with Crippen LogP contribution in [0.25, 0.3) is 0 Å². The maximum Gasteiger partial charge on any atom is 0.249 e. The molecule has 0 aromatic heterocycles. The fourth-order valence-electron chi connectivity index (χ4n) is 6.37. The zero-order valence-corrected chi connectivity index (χ0v) is 33.7. The van der Waals surface area contributed by atoms with Crippen LogP contribution in [-0.2, 0) is 4.79 Å². The van der Waals surface area contributed by atoms with Crippen LogP contribution in [0.15, 0.2) is 48.6 Å². The number of hydrogen-bond donors (Lipinski definition) is 4. The van der Waals surface area contributed by atoms with Gasteiger partial charge in [-0.2, -0.15) is 0 Å². The van der Waals surface area contributed by atoms with E-state index < -0.39 is 24.2 Å². The van der Waals surface area contributed by atoms with Gasteiger partial charge in [-0.05, 0) is 64.2 Å². The molecule has 0 spiro atoms. The molecule has 51 heavy (non-hydrogen) atoms. The summed E-state index contributed by atoms with van der Waals surface area (Å²) < 4.78 is 0. The molecule has 0 aliphatic carbocycles. The van der Waals surface area contributed by atoms with Crippen LogP contribution in [0, 0.1) is 0 Å². The van der Waals surface area contributed by atoms with Crippen molar-refractivity contribution in [2.45, 2.75) is 231 Å². The minimum absolute atomic E-state index is 0.383. The molecule has 0 saturated carbocycles. The lowest BCUT2D eigenvalue weighted by atomic mass is 10.0. The lowest BCUT2D eigenvalue weighted by Crippen LogP contribution is -2.48. The Morgan fingerprint density at radius 2 is 0.824 bits per heavy atom. The zero-order valence-electron chi connectivity index (χ0n) is 33.7. The summed E-state index contributed by atoms with van der Waals surface area (Å²) in [6.07, 6.45) is 53.0. The molecular weight excluding hydrogens is 631 g/mol. The molecule has 0 aromatic carbocycles. The lowest BCUT2D eigenvalue weighted by molar-refractivity contribution is -0.131. The molecule has 0 aliphatic rings. The molecule has 5 heteroatoms. The van der Waals surface area contributed by atoms with Crippen molar-refractivity contribution in [1.82, 2.24) is 5.32 Å². The van der Waals surface area contributed by atoms with Crippen molar-refractivity contribution in [3.05, 3.63) is 48.6 Å². The maximum atomic E-state index is 12.4. The number of aliphatic hydroxyl groups is 3. The van der Waals surface area contributed by atoms with E-state index in [1.54, 1.807) is 6.08 Å². The quantitative estimate of drug-likeness (QED) is 0.0377. The summed E-state index contributed by atoms with van der Waals surface area (Å²) in [6, 6.07) is -0.821. The predicted molar refractivity (Wildman–Crippen MR) is 222 cm³/mol. The van der Waals surface area contributed by atoms with Crippen molar-refractivity contribution >= 4 is 5.91 Å². The molecule has 0 saturated heterocycles. The van der Waals surface area contributed by atoms with E-state index in [2.05, 4.69) is 55.6 Å². The lowest BCUT2D eigenvalue weighted by Gasteiger charge is -2.21. The average molecular weight is 716 g/mol. The van der Waals surface area contributed by atoms with Gasteiger partial charge in [0.15, 0.2) is 0 Å². The largest absolute Gasteiger partial charge is 0.394 e. The minimum atomic E-state index is -1.11. The van der Waals surface area contributed by atoms with Crippen molar-refractivity contribution in [3.8, 4) is 0 Å². The molecule has 0 fully saturated rings. The number of carbonyl (C=O) groups excluding carboxylic acids is 1. The van der Waals surface area contributed by atoms with E-state index in [9.17, 15) is 20.1 Å². The number of carbonyl (C=O) groups is 1. The van der Waals surface area contributed by atoms with Crippen LogP contribution in [0.5, 0.6) is 0 Å². The van der Waals surface area contributed by atoms with Gasteiger partial charge in [0.05, 0.1) is 18.8 Å². The highest BCUT2D eigenvalue weighted by molar-refractivity contribution is 5.80. The number of allylic oxidation sites excluding steroid dienone is 7. The predicted octanol–water partition coefficient (Wildman–Crippen LogP) is 12.5. The van der Waals surface area contributed by atoms with Crippen LogP contribution in [0.4, 0.5) is 0 Å². The summed E-state index contributed by atoms with van der Waals surface area (Å²) in [5.41, 5.74) is 0. The van der Waals surface area contributed by atoms with Crippen LogP contribution >= 0.6 is 0 Å². The summed E-state index contributed by atoms with van der Waals surface area (Å²) >= 11 is 0. The maximum absolute atomic E-state index is 12.4. The molecule has 1 amide bonds. The van der Waals surface area contributed by atoms with Crippen LogP contribution in [0.2, 0.25) is 0 Å². The first-order valence-electron chi connectivity index (χ1n) is 22.0. The Kier molecular flexibility index (Phi) is 39.7. The topological polar surface area (TPSA) is 89.8 Å². The van der Waals surface area contributed by atoms with E-state index in [4.69, 9.17) is 0 Å². The third-order valence-corrected chi connectivity index (χ3v) is 9.87. The average Bonchev–Trinajstić information content (AvgIpc) is 3.13. The second kappa shape index (κ2) is 41.1. The van der Waals surface area contributed by atoms with Gasteiger partial charge in [-0.15, -0.1) is 0 Å². The molecular formula is C46H85NO4. The van der Waals surface area contributed by atoms with Crippen molar-refractivity contribution in [3.63, 3.8) is 0 Å². The van der Waals surface area contributed by atoms with E-state index in [-0.39, 0.29) is 6.61 Å². The molecule has 4 N–H and O–H groups in total. The second-order valence-corrected chi connectivity index (χ2v) is 14.9. The number of aliphatic hydroxyl groups excluding tert-OH is 3. The first-order valence-corrected chi connectivity index (χ1v) is 22.0. The molecule has 0 bridgehead atoms. The number of hydrogen-bond acceptors (Lipinski definition) is 4. The van der Waals surface area contributed by atoms with E-state index in [1.165, 1.54) is 148 Å². The van der Waals surface area contributed by atoms with Crippen molar-refractivity contribution < 1.29 is 20.1 Å². The Hall–Kier alpha value is -1.69. The smallest absolute Gasteiger partial charge is 0.249 e. The second-order valence-electron chi connectivity index (χ2n) is 14.9. The van der Waals surface area contributed by atoms with Gasteiger partial charge in [-0.3, -0.25) is 4.79 Å². The fraction of sp³-hybridized carbons (Fsp3) is 0.804. The number of amides is 1. The number of nitrogens with one attached hydrogen (secondary N) is 1. The molecule has 0 heterocycles. The third-order valence-electron chi connectivity index (χ3n) is 9.87. The highest BCUT2D eigenvalue weighted by atomic mass is 16.3. The monoisotopic (exact) mass is 716 g/mol. The first kappa shape index (κ1) is 49.3. The van der Waals surface area contributed by atoms with Gasteiger partial charge in [0, 0.05) is 0 Å². The summed E-state index contributed by atoms with van der Waals surface area (Å²) in [4.78, 5) is 12.4. The highest BCUT2D eigenvalue weighted by Crippen LogP contribution is 2.15. The molecule has 0 radical (unpaired) electrons. The molecule has 0 rings (SSSR count). The summed E-state index contributed by atoms with van der Waals surface area (Å²) in [6.45, 7) is 4.11. The third kappa shape index (κ3) is 36.5. The van der Waals surface area contributed by atoms with E-state index >= 15 is 0 Å². The van der Waals surface area contributed by atoms with Gasteiger partial charge in [0.1, 0.15) is 6.10 Å². The summed E-state index contributed by atoms with van der Waals surface area (Å²) in [5.74, 6) is -0.521. The van der Waals surface area contributed by atoms with Gasteiger partial charge < -0.3 is 20.6 Å². The van der Waals surface area contributed by atoms with Crippen LogP contribution in [0.3, 0.4) is 0 Å². The Balaban J connectivity index is 3.65. The van der Waals surface area contributed by atoms with E-state index in [1.807, 2.05) is 6.08 Å². The Labute approximate surface area is 316 Å². The van der Waals surface area contributed by atoms with Gasteiger partial charge >= 0.3 is 0 Å². The highest BCUT2D eigenvalue weighted by Gasteiger charge is 2.22. The van der Waals surface area contributed by atoms with E-state index in [0.717, 1.165) is 44.9 Å². The van der Waals surface area contributed by atoms with Gasteiger partial charge in [-0.1, -0.05) is 197 Å². The Morgan fingerprint density at radius 3 is 1.25 bits per heavy atom. The van der Waals surface area contributed by atoms with Crippen molar-refractivity contribution in [2.75, 3.05) is 6.61 Å². The SMILES string of the molecule is CCCC/C=C/CC/C=C/CC/C=C/C(O)C(CO)NC(=O)C(O)CCCCCCCCCCC/C=C\CCCCCCCCCCCCCC. The normalized spacial score (nSPS) is 14.1. The van der Waals surface area contributed by atoms with Crippen molar-refractivity contribution in [2.24, 2.45) is 0 Å². The summed E-state index contributed by atoms with van der Waals surface area (Å²) in [7, 11) is 0. The van der Waals surface area contributed by atoms with Crippen LogP contribution in [0.1, 0.15) is 213 Å². The van der Waals surface area contributed by atoms with Crippen LogP contribution in [-0.4, -0.2) is 46.1 Å². The molecule has 0 aromatic rings. The van der Waals surface area contributed by atoms with E-state index in [0.29, 0.717) is 6.42 Å². The Bertz CT molecular complexity index is 835. The number of rotatable bonds is 39. The molecule has 298 valence electrons. The molecule has 5 nitrogen and oxygen atoms in total. The standard InChI is InChI=1S/C46H85NO4/c1-3-5-7-9-11-13-15-17-18-19-20-21-22-23-24-25-26-27-28-29-31-33-35-37-39-41-45(50)46(51)47-43(42-48)44(49)40-38-36-34-32-30-16-14-12-10-8-6-4-2/h10,12,23-24,30,32,38,40,43-45,48-50H,3-9,11,13-22,25-29,31,33-37,39,41-42H2,1-2H3,(H,47,51)/b12-10+,24-23-,32-30+,40-38+. The van der Waals surface area contributed by atoms with Gasteiger partial charge in [-0.25, -0.2) is 0 Å². The zero-order chi connectivity index (χ0) is 37.3. The molecule has 3 unspecified atom stereocenters. The molecule has 0 aliphatic heterocycles. The Morgan fingerprint density at radius 1 is 0.471 bits per heavy atom. The first-order chi connectivity index (χ1) is 25.1. The number of unbranched alkanes of at least 4 members (excludes halogenated alkanes) is 25.